The van der Waals surface area contributed by atoms with Gasteiger partial charge in [0, 0.05) is 0 Å². The van der Waals surface area contributed by atoms with Crippen LogP contribution in [-0.2, 0) is 0 Å². The summed E-state index contributed by atoms with van der Waals surface area (Å²) in [6.07, 6.45) is 2.13. The van der Waals surface area contributed by atoms with Crippen molar-refractivity contribution in [2.24, 2.45) is 11.5 Å². The van der Waals surface area contributed by atoms with Crippen molar-refractivity contribution in [1.29, 1.82) is 0 Å². The van der Waals surface area contributed by atoms with E-state index in [1.54, 1.807) is 0 Å². The second-order valence-corrected chi connectivity index (χ2v) is 2.11. The van der Waals surface area contributed by atoms with Gasteiger partial charge in [0.05, 0.1) is 6.17 Å². The van der Waals surface area contributed by atoms with Gasteiger partial charge < -0.3 is 16.8 Å². The Labute approximate surface area is 56.8 Å². The quantitative estimate of drug-likeness (QED) is 0.352. The van der Waals surface area contributed by atoms with Crippen LogP contribution < -0.4 is 16.8 Å². The summed E-state index contributed by atoms with van der Waals surface area (Å²) in [6.45, 7) is 3.73. The molecule has 1 atom stereocenters. The highest BCUT2D eigenvalue weighted by atomic mass is 15.0. The minimum absolute atomic E-state index is 0.150. The summed E-state index contributed by atoms with van der Waals surface area (Å²) >= 11 is 0. The van der Waals surface area contributed by atoms with Crippen LogP contribution in [0.3, 0.4) is 0 Å². The molecule has 0 aliphatic heterocycles. The fourth-order valence-corrected chi connectivity index (χ4v) is 0.534. The molecule has 0 saturated carbocycles. The Morgan fingerprint density at radius 2 is 2.22 bits per heavy atom. The van der Waals surface area contributed by atoms with E-state index in [0.29, 0.717) is 0 Å². The lowest BCUT2D eigenvalue weighted by atomic mass is 10.3. The topological polar surface area (TPSA) is 64.1 Å². The highest BCUT2D eigenvalue weighted by Crippen LogP contribution is 1.79. The van der Waals surface area contributed by atoms with E-state index in [1.165, 1.54) is 0 Å². The normalized spacial score (nSPS) is 13.7. The second kappa shape index (κ2) is 6.01. The first-order valence-electron chi connectivity index (χ1n) is 3.50. The molecule has 0 aromatic heterocycles. The summed E-state index contributed by atoms with van der Waals surface area (Å²) in [5.74, 6) is 0. The molecule has 5 N–H and O–H groups in total. The lowest BCUT2D eigenvalue weighted by Crippen LogP contribution is -2.37. The van der Waals surface area contributed by atoms with E-state index in [1.807, 2.05) is 0 Å². The van der Waals surface area contributed by atoms with Crippen molar-refractivity contribution in [1.82, 2.24) is 5.32 Å². The number of nitrogens with two attached hydrogens (primary N) is 2. The Hall–Kier alpha value is -0.120. The van der Waals surface area contributed by atoms with E-state index in [4.69, 9.17) is 11.5 Å². The van der Waals surface area contributed by atoms with Crippen molar-refractivity contribution >= 4 is 0 Å². The monoisotopic (exact) mass is 131 g/mol. The smallest absolute Gasteiger partial charge is 0.0543 e. The third-order valence-corrected chi connectivity index (χ3v) is 1.23. The maximum atomic E-state index is 5.56. The van der Waals surface area contributed by atoms with Gasteiger partial charge in [-0.2, -0.15) is 0 Å². The fraction of sp³-hybridized carbons (Fsp3) is 1.00. The highest BCUT2D eigenvalue weighted by Gasteiger charge is 1.93. The molecule has 0 aliphatic rings. The molecular formula is C6H17N3. The van der Waals surface area contributed by atoms with E-state index in [9.17, 15) is 0 Å². The van der Waals surface area contributed by atoms with Gasteiger partial charge in [0.15, 0.2) is 0 Å². The van der Waals surface area contributed by atoms with Crippen molar-refractivity contribution in [3.8, 4) is 0 Å². The third-order valence-electron chi connectivity index (χ3n) is 1.23. The fourth-order valence-electron chi connectivity index (χ4n) is 0.534. The van der Waals surface area contributed by atoms with Crippen LogP contribution in [0.1, 0.15) is 19.8 Å². The summed E-state index contributed by atoms with van der Waals surface area (Å²) in [7, 11) is 0. The minimum Gasteiger partial charge on any atom is -0.330 e. The third kappa shape index (κ3) is 5.76. The van der Waals surface area contributed by atoms with Crippen molar-refractivity contribution in [2.75, 3.05) is 13.1 Å². The molecule has 0 aromatic carbocycles. The molecule has 0 aromatic rings. The largest absolute Gasteiger partial charge is 0.330 e. The molecule has 0 aliphatic carbocycles. The van der Waals surface area contributed by atoms with Crippen molar-refractivity contribution < 1.29 is 0 Å². The molecule has 0 heterocycles. The van der Waals surface area contributed by atoms with Crippen LogP contribution in [-0.4, -0.2) is 19.3 Å². The van der Waals surface area contributed by atoms with E-state index in [2.05, 4.69) is 12.2 Å². The zero-order valence-corrected chi connectivity index (χ0v) is 6.06. The molecule has 56 valence electrons. The number of nitrogens with one attached hydrogen (secondary N) is 1. The summed E-state index contributed by atoms with van der Waals surface area (Å²) in [4.78, 5) is 0. The predicted octanol–water partition coefficient (Wildman–Crippen LogP) is -0.380. The average Bonchev–Trinajstić information content (AvgIpc) is 1.89. The Morgan fingerprint density at radius 1 is 1.56 bits per heavy atom. The molecule has 0 spiro atoms. The van der Waals surface area contributed by atoms with Gasteiger partial charge in [0.25, 0.3) is 0 Å². The number of hydrogen-bond acceptors (Lipinski definition) is 3. The number of rotatable bonds is 5. The SMILES string of the molecule is CCC(N)NCCCN. The molecule has 0 saturated heterocycles. The minimum atomic E-state index is 0.150. The highest BCUT2D eigenvalue weighted by molar-refractivity contribution is 4.54. The van der Waals surface area contributed by atoms with Gasteiger partial charge in [0.2, 0.25) is 0 Å². The molecule has 9 heavy (non-hydrogen) atoms. The molecule has 3 nitrogen and oxygen atoms in total. The van der Waals surface area contributed by atoms with Gasteiger partial charge in [-0.15, -0.1) is 0 Å². The first kappa shape index (κ1) is 8.88. The Kier molecular flexibility index (Phi) is 5.93. The standard InChI is InChI=1S/C6H17N3/c1-2-6(8)9-5-3-4-7/h6,9H,2-5,7-8H2,1H3. The average molecular weight is 131 g/mol. The van der Waals surface area contributed by atoms with E-state index < -0.39 is 0 Å². The van der Waals surface area contributed by atoms with E-state index in [0.717, 1.165) is 25.9 Å². The summed E-state index contributed by atoms with van der Waals surface area (Å²) in [5, 5.41) is 3.13. The first-order valence-corrected chi connectivity index (χ1v) is 3.50. The van der Waals surface area contributed by atoms with Gasteiger partial charge in [-0.25, -0.2) is 0 Å². The van der Waals surface area contributed by atoms with Gasteiger partial charge in [-0.1, -0.05) is 6.92 Å². The predicted molar refractivity (Wildman–Crippen MR) is 39.9 cm³/mol. The molecule has 0 amide bonds. The molecule has 0 radical (unpaired) electrons. The van der Waals surface area contributed by atoms with Crippen molar-refractivity contribution in [2.45, 2.75) is 25.9 Å². The van der Waals surface area contributed by atoms with Crippen LogP contribution in [0.25, 0.3) is 0 Å². The lowest BCUT2D eigenvalue weighted by molar-refractivity contribution is 0.508. The van der Waals surface area contributed by atoms with Gasteiger partial charge in [0.1, 0.15) is 0 Å². The van der Waals surface area contributed by atoms with Crippen molar-refractivity contribution in [3.05, 3.63) is 0 Å². The van der Waals surface area contributed by atoms with Gasteiger partial charge >= 0.3 is 0 Å². The van der Waals surface area contributed by atoms with Crippen LogP contribution in [0.5, 0.6) is 0 Å². The van der Waals surface area contributed by atoms with Crippen LogP contribution >= 0.6 is 0 Å². The molecule has 0 rings (SSSR count). The maximum absolute atomic E-state index is 5.56. The van der Waals surface area contributed by atoms with Crippen LogP contribution in [0.2, 0.25) is 0 Å². The lowest BCUT2D eigenvalue weighted by Gasteiger charge is -2.09. The van der Waals surface area contributed by atoms with Crippen LogP contribution in [0, 0.1) is 0 Å². The second-order valence-electron chi connectivity index (χ2n) is 2.11. The maximum Gasteiger partial charge on any atom is 0.0543 e. The van der Waals surface area contributed by atoms with E-state index in [-0.39, 0.29) is 6.17 Å². The summed E-state index contributed by atoms with van der Waals surface area (Å²) in [6, 6.07) is 0. The molecule has 1 unspecified atom stereocenters. The van der Waals surface area contributed by atoms with Crippen molar-refractivity contribution in [3.63, 3.8) is 0 Å². The Morgan fingerprint density at radius 3 is 2.67 bits per heavy atom. The summed E-state index contributed by atoms with van der Waals surface area (Å²) in [5.41, 5.74) is 10.8. The first-order chi connectivity index (χ1) is 4.31. The van der Waals surface area contributed by atoms with Gasteiger partial charge in [-0.05, 0) is 25.9 Å². The van der Waals surface area contributed by atoms with Gasteiger partial charge in [-0.3, -0.25) is 0 Å². The molecular weight excluding hydrogens is 114 g/mol. The molecule has 3 heteroatoms. The van der Waals surface area contributed by atoms with Crippen LogP contribution in [0.15, 0.2) is 0 Å². The zero-order valence-electron chi connectivity index (χ0n) is 6.06. The number of hydrogen-bond donors (Lipinski definition) is 3. The molecule has 0 fully saturated rings. The Balaban J connectivity index is 2.88. The summed E-state index contributed by atoms with van der Waals surface area (Å²) < 4.78 is 0. The zero-order chi connectivity index (χ0) is 7.11. The van der Waals surface area contributed by atoms with Crippen LogP contribution in [0.4, 0.5) is 0 Å². The molecule has 0 bridgehead atoms. The Bertz CT molecular complexity index is 56.3. The van der Waals surface area contributed by atoms with E-state index >= 15 is 0 Å².